The van der Waals surface area contributed by atoms with Gasteiger partial charge < -0.3 is 19.9 Å². The van der Waals surface area contributed by atoms with Crippen LogP contribution in [0.25, 0.3) is 0 Å². The molecule has 1 fully saturated rings. The smallest absolute Gasteiger partial charge is 0.250 e. The van der Waals surface area contributed by atoms with Gasteiger partial charge in [-0.05, 0) is 32.0 Å². The van der Waals surface area contributed by atoms with Crippen molar-refractivity contribution >= 4 is 11.6 Å². The van der Waals surface area contributed by atoms with Crippen molar-refractivity contribution in [3.8, 4) is 0 Å². The molecule has 0 saturated carbocycles. The van der Waals surface area contributed by atoms with Crippen LogP contribution >= 0.6 is 0 Å². The normalized spacial score (nSPS) is 16.1. The Morgan fingerprint density at radius 1 is 1.45 bits per heavy atom. The first-order chi connectivity index (χ1) is 9.70. The van der Waals surface area contributed by atoms with E-state index in [9.17, 15) is 9.59 Å². The number of carbonyl (C=O) groups is 1. The van der Waals surface area contributed by atoms with Gasteiger partial charge in [0.15, 0.2) is 0 Å². The molecule has 1 aromatic heterocycles. The molecule has 2 N–H and O–H groups in total. The van der Waals surface area contributed by atoms with E-state index in [1.807, 2.05) is 0 Å². The Hall–Kier alpha value is -1.66. The molecule has 1 saturated heterocycles. The van der Waals surface area contributed by atoms with Crippen LogP contribution in [-0.2, 0) is 16.1 Å². The Kier molecular flexibility index (Phi) is 5.31. The van der Waals surface area contributed by atoms with Crippen LogP contribution in [0.4, 0.5) is 5.69 Å². The second-order valence-electron chi connectivity index (χ2n) is 4.96. The summed E-state index contributed by atoms with van der Waals surface area (Å²) in [5.41, 5.74) is 0.561. The van der Waals surface area contributed by atoms with Crippen molar-refractivity contribution in [1.29, 1.82) is 0 Å². The van der Waals surface area contributed by atoms with E-state index in [0.29, 0.717) is 18.8 Å². The molecular weight excluding hydrogens is 258 g/mol. The molecule has 0 atom stereocenters. The van der Waals surface area contributed by atoms with E-state index in [1.165, 1.54) is 6.07 Å². The van der Waals surface area contributed by atoms with Crippen LogP contribution < -0.4 is 16.2 Å². The molecule has 0 spiro atoms. The maximum atomic E-state index is 12.1. The number of aromatic nitrogens is 1. The van der Waals surface area contributed by atoms with E-state index >= 15 is 0 Å². The lowest BCUT2D eigenvalue weighted by Gasteiger charge is -2.21. The van der Waals surface area contributed by atoms with Gasteiger partial charge in [0.25, 0.3) is 5.56 Å². The summed E-state index contributed by atoms with van der Waals surface area (Å²) >= 11 is 0. The topological polar surface area (TPSA) is 72.4 Å². The van der Waals surface area contributed by atoms with Crippen LogP contribution in [-0.4, -0.2) is 37.3 Å². The second kappa shape index (κ2) is 7.21. The third-order valence-electron chi connectivity index (χ3n) is 3.50. The fourth-order valence-corrected chi connectivity index (χ4v) is 2.30. The molecule has 0 unspecified atom stereocenters. The molecule has 1 aliphatic heterocycles. The molecule has 6 nitrogen and oxygen atoms in total. The lowest BCUT2D eigenvalue weighted by molar-refractivity contribution is -0.120. The van der Waals surface area contributed by atoms with E-state index in [2.05, 4.69) is 10.6 Å². The summed E-state index contributed by atoms with van der Waals surface area (Å²) in [5, 5.41) is 6.12. The van der Waals surface area contributed by atoms with E-state index < -0.39 is 0 Å². The largest absolute Gasteiger partial charge is 0.383 e. The molecule has 2 rings (SSSR count). The summed E-state index contributed by atoms with van der Waals surface area (Å²) in [5.74, 6) is 0.0824. The number of carbonyl (C=O) groups excluding carboxylic acids is 1. The minimum Gasteiger partial charge on any atom is -0.383 e. The quantitative estimate of drug-likeness (QED) is 0.820. The Morgan fingerprint density at radius 3 is 2.90 bits per heavy atom. The lowest BCUT2D eigenvalue weighted by Crippen LogP contribution is -2.34. The molecule has 110 valence electrons. The maximum absolute atomic E-state index is 12.1. The molecule has 0 radical (unpaired) electrons. The summed E-state index contributed by atoms with van der Waals surface area (Å²) in [6.45, 7) is 2.70. The van der Waals surface area contributed by atoms with Gasteiger partial charge in [-0.3, -0.25) is 9.59 Å². The van der Waals surface area contributed by atoms with Crippen LogP contribution in [0.2, 0.25) is 0 Å². The Bertz CT molecular complexity index is 507. The number of hydrogen-bond acceptors (Lipinski definition) is 4. The summed E-state index contributed by atoms with van der Waals surface area (Å²) in [4.78, 5) is 23.8. The standard InChI is InChI=1S/C14H21N3O3/c1-20-9-8-17-10-12(2-3-13(17)18)16-14(19)11-4-6-15-7-5-11/h2-3,10-11,15H,4-9H2,1H3,(H,16,19). The van der Waals surface area contributed by atoms with Gasteiger partial charge in [-0.15, -0.1) is 0 Å². The number of rotatable bonds is 5. The van der Waals surface area contributed by atoms with E-state index in [4.69, 9.17) is 4.74 Å². The minimum atomic E-state index is -0.0954. The number of pyridine rings is 1. The summed E-state index contributed by atoms with van der Waals surface area (Å²) in [6, 6.07) is 3.11. The Balaban J connectivity index is 2.01. The number of piperidine rings is 1. The first-order valence-electron chi connectivity index (χ1n) is 6.91. The predicted octanol–water partition coefficient (Wildman–Crippen LogP) is 0.433. The fraction of sp³-hybridized carbons (Fsp3) is 0.571. The first kappa shape index (κ1) is 14.7. The molecule has 1 aliphatic rings. The number of amides is 1. The fourth-order valence-electron chi connectivity index (χ4n) is 2.30. The van der Waals surface area contributed by atoms with Crippen molar-refractivity contribution < 1.29 is 9.53 Å². The number of nitrogens with zero attached hydrogens (tertiary/aromatic N) is 1. The zero-order chi connectivity index (χ0) is 14.4. The summed E-state index contributed by atoms with van der Waals surface area (Å²) < 4.78 is 6.51. The van der Waals surface area contributed by atoms with Crippen molar-refractivity contribution in [3.63, 3.8) is 0 Å². The molecule has 6 heteroatoms. The third kappa shape index (κ3) is 3.91. The molecule has 0 bridgehead atoms. The molecule has 1 aromatic rings. The number of ether oxygens (including phenoxy) is 1. The molecule has 0 aromatic carbocycles. The van der Waals surface area contributed by atoms with Crippen molar-refractivity contribution in [3.05, 3.63) is 28.7 Å². The van der Waals surface area contributed by atoms with Crippen LogP contribution in [0.15, 0.2) is 23.1 Å². The minimum absolute atomic E-state index is 0.0310. The van der Waals surface area contributed by atoms with Crippen LogP contribution in [0, 0.1) is 5.92 Å². The first-order valence-corrected chi connectivity index (χ1v) is 6.91. The van der Waals surface area contributed by atoms with Gasteiger partial charge in [0, 0.05) is 31.8 Å². The lowest BCUT2D eigenvalue weighted by atomic mass is 9.97. The van der Waals surface area contributed by atoms with Gasteiger partial charge in [-0.25, -0.2) is 0 Å². The van der Waals surface area contributed by atoms with Crippen LogP contribution in [0.1, 0.15) is 12.8 Å². The van der Waals surface area contributed by atoms with Crippen molar-refractivity contribution in [2.45, 2.75) is 19.4 Å². The average molecular weight is 279 g/mol. The number of hydrogen-bond donors (Lipinski definition) is 2. The SMILES string of the molecule is COCCn1cc(NC(=O)C2CCNCC2)ccc1=O. The van der Waals surface area contributed by atoms with E-state index in [1.54, 1.807) is 23.9 Å². The second-order valence-corrected chi connectivity index (χ2v) is 4.96. The highest BCUT2D eigenvalue weighted by atomic mass is 16.5. The van der Waals surface area contributed by atoms with Crippen molar-refractivity contribution in [2.24, 2.45) is 5.92 Å². The average Bonchev–Trinajstić information content (AvgIpc) is 2.48. The zero-order valence-electron chi connectivity index (χ0n) is 11.7. The third-order valence-corrected chi connectivity index (χ3v) is 3.50. The zero-order valence-corrected chi connectivity index (χ0v) is 11.7. The van der Waals surface area contributed by atoms with Crippen molar-refractivity contribution in [1.82, 2.24) is 9.88 Å². The van der Waals surface area contributed by atoms with Gasteiger partial charge >= 0.3 is 0 Å². The number of nitrogens with one attached hydrogen (secondary N) is 2. The Morgan fingerprint density at radius 2 is 2.20 bits per heavy atom. The highest BCUT2D eigenvalue weighted by molar-refractivity contribution is 5.92. The molecule has 0 aliphatic carbocycles. The summed E-state index contributed by atoms with van der Waals surface area (Å²) in [6.07, 6.45) is 3.38. The number of anilines is 1. The van der Waals surface area contributed by atoms with Gasteiger partial charge in [0.2, 0.25) is 5.91 Å². The van der Waals surface area contributed by atoms with Gasteiger partial charge in [-0.1, -0.05) is 0 Å². The molecule has 2 heterocycles. The summed E-state index contributed by atoms with van der Waals surface area (Å²) in [7, 11) is 1.59. The van der Waals surface area contributed by atoms with Gasteiger partial charge in [0.1, 0.15) is 0 Å². The maximum Gasteiger partial charge on any atom is 0.250 e. The highest BCUT2D eigenvalue weighted by Crippen LogP contribution is 2.14. The predicted molar refractivity (Wildman–Crippen MR) is 76.8 cm³/mol. The van der Waals surface area contributed by atoms with Crippen molar-refractivity contribution in [2.75, 3.05) is 32.1 Å². The van der Waals surface area contributed by atoms with E-state index in [0.717, 1.165) is 25.9 Å². The monoisotopic (exact) mass is 279 g/mol. The molecule has 20 heavy (non-hydrogen) atoms. The van der Waals surface area contributed by atoms with E-state index in [-0.39, 0.29) is 17.4 Å². The molecular formula is C14H21N3O3. The van der Waals surface area contributed by atoms with Gasteiger partial charge in [-0.2, -0.15) is 0 Å². The number of methoxy groups -OCH3 is 1. The molecule has 1 amide bonds. The Labute approximate surface area is 118 Å². The van der Waals surface area contributed by atoms with Crippen LogP contribution in [0.5, 0.6) is 0 Å². The highest BCUT2D eigenvalue weighted by Gasteiger charge is 2.20. The van der Waals surface area contributed by atoms with Gasteiger partial charge in [0.05, 0.1) is 12.3 Å². The van der Waals surface area contributed by atoms with Crippen LogP contribution in [0.3, 0.4) is 0 Å².